The van der Waals surface area contributed by atoms with Crippen LogP contribution in [0.5, 0.6) is 0 Å². The summed E-state index contributed by atoms with van der Waals surface area (Å²) in [5, 5.41) is 9.07. The van der Waals surface area contributed by atoms with Crippen LogP contribution in [0.2, 0.25) is 0 Å². The first kappa shape index (κ1) is 28.1. The molecule has 0 saturated heterocycles. The van der Waals surface area contributed by atoms with Gasteiger partial charge >= 0.3 is 29.6 Å². The quantitative estimate of drug-likeness (QED) is 0.236. The van der Waals surface area contributed by atoms with E-state index in [0.717, 1.165) is 83.5 Å². The summed E-state index contributed by atoms with van der Waals surface area (Å²) in [6, 6.07) is 0. The maximum atomic E-state index is 11.3. The van der Waals surface area contributed by atoms with Gasteiger partial charge in [-0.2, -0.15) is 0 Å². The molecule has 0 aliphatic heterocycles. The summed E-state index contributed by atoms with van der Waals surface area (Å²) >= 11 is 0. The van der Waals surface area contributed by atoms with Gasteiger partial charge in [0.15, 0.2) is 0 Å². The van der Waals surface area contributed by atoms with E-state index in [1.165, 1.54) is 0 Å². The Morgan fingerprint density at radius 3 is 1.60 bits per heavy atom. The van der Waals surface area contributed by atoms with Crippen molar-refractivity contribution in [2.24, 2.45) is 0 Å². The second-order valence-corrected chi connectivity index (χ2v) is 8.76. The molecule has 0 saturated carbocycles. The summed E-state index contributed by atoms with van der Waals surface area (Å²) in [5.74, 6) is 0. The third kappa shape index (κ3) is 18.0. The zero-order valence-corrected chi connectivity index (χ0v) is 19.7. The SMILES string of the molecule is CCCCCCC(CCCCCCCC(O)CCCC)S(=O)(=O)[O-].[Na+]. The van der Waals surface area contributed by atoms with E-state index in [1.54, 1.807) is 0 Å². The fourth-order valence-electron chi connectivity index (χ4n) is 3.10. The Balaban J connectivity index is 0. The average Bonchev–Trinajstić information content (AvgIpc) is 2.52. The van der Waals surface area contributed by atoms with Crippen molar-refractivity contribution in [3.63, 3.8) is 0 Å². The molecule has 4 nitrogen and oxygen atoms in total. The first-order chi connectivity index (χ1) is 11.4. The van der Waals surface area contributed by atoms with Crippen LogP contribution in [0.4, 0.5) is 0 Å². The normalized spacial score (nSPS) is 14.1. The number of hydrogen-bond donors (Lipinski definition) is 1. The zero-order valence-electron chi connectivity index (χ0n) is 16.8. The summed E-state index contributed by atoms with van der Waals surface area (Å²) in [4.78, 5) is 0. The molecule has 0 rings (SSSR count). The minimum absolute atomic E-state index is 0. The molecule has 0 aliphatic carbocycles. The molecule has 0 radical (unpaired) electrons. The second kappa shape index (κ2) is 18.2. The summed E-state index contributed by atoms with van der Waals surface area (Å²) in [6.45, 7) is 4.25. The Labute approximate surface area is 178 Å². The fourth-order valence-corrected chi connectivity index (χ4v) is 4.01. The van der Waals surface area contributed by atoms with E-state index in [2.05, 4.69) is 13.8 Å². The molecule has 0 fully saturated rings. The first-order valence-electron chi connectivity index (χ1n) is 10.0. The van der Waals surface area contributed by atoms with Gasteiger partial charge in [-0.15, -0.1) is 0 Å². The van der Waals surface area contributed by atoms with Crippen LogP contribution in [-0.4, -0.2) is 29.4 Å². The van der Waals surface area contributed by atoms with Gasteiger partial charge in [0.1, 0.15) is 0 Å². The van der Waals surface area contributed by atoms with Crippen molar-refractivity contribution in [2.75, 3.05) is 0 Å². The van der Waals surface area contributed by atoms with Crippen LogP contribution in [0, 0.1) is 0 Å². The van der Waals surface area contributed by atoms with Gasteiger partial charge in [-0.25, -0.2) is 8.42 Å². The van der Waals surface area contributed by atoms with Crippen LogP contribution in [0.25, 0.3) is 0 Å². The predicted molar refractivity (Wildman–Crippen MR) is 100 cm³/mol. The molecule has 146 valence electrons. The van der Waals surface area contributed by atoms with E-state index in [0.29, 0.717) is 12.8 Å². The number of aliphatic hydroxyl groups is 1. The summed E-state index contributed by atoms with van der Waals surface area (Å²) in [6.07, 6.45) is 13.9. The molecule has 2 unspecified atom stereocenters. The van der Waals surface area contributed by atoms with Crippen LogP contribution in [0.1, 0.15) is 110 Å². The molecular formula is C19H39NaO4S. The zero-order chi connectivity index (χ0) is 18.3. The van der Waals surface area contributed by atoms with E-state index in [4.69, 9.17) is 0 Å². The van der Waals surface area contributed by atoms with Gasteiger partial charge in [-0.3, -0.25) is 0 Å². The van der Waals surface area contributed by atoms with Crippen LogP contribution >= 0.6 is 0 Å². The second-order valence-electron chi connectivity index (χ2n) is 7.11. The fraction of sp³-hybridized carbons (Fsp3) is 1.00. The smallest absolute Gasteiger partial charge is 0.748 e. The molecule has 0 aromatic rings. The van der Waals surface area contributed by atoms with Crippen LogP contribution < -0.4 is 29.6 Å². The summed E-state index contributed by atoms with van der Waals surface area (Å²) in [7, 11) is -4.15. The molecule has 0 aromatic heterocycles. The minimum Gasteiger partial charge on any atom is -0.748 e. The van der Waals surface area contributed by atoms with E-state index in [-0.39, 0.29) is 35.7 Å². The van der Waals surface area contributed by atoms with Gasteiger partial charge in [0.2, 0.25) is 0 Å². The molecular weight excluding hydrogens is 347 g/mol. The Hall–Kier alpha value is 0.870. The molecule has 0 spiro atoms. The predicted octanol–water partition coefficient (Wildman–Crippen LogP) is 2.16. The van der Waals surface area contributed by atoms with Crippen molar-refractivity contribution in [1.82, 2.24) is 0 Å². The van der Waals surface area contributed by atoms with Crippen molar-refractivity contribution in [3.05, 3.63) is 0 Å². The standard InChI is InChI=1S/C19H40O4S.Na/c1-3-5-7-12-16-19(24(21,22)23)17-13-10-8-9-11-15-18(20)14-6-4-2;/h18-20H,3-17H2,1-2H3,(H,21,22,23);/q;+1/p-1. The van der Waals surface area contributed by atoms with Crippen LogP contribution in [0.15, 0.2) is 0 Å². The van der Waals surface area contributed by atoms with Gasteiger partial charge in [-0.05, 0) is 25.7 Å². The molecule has 25 heavy (non-hydrogen) atoms. The number of rotatable bonds is 17. The third-order valence-electron chi connectivity index (χ3n) is 4.74. The van der Waals surface area contributed by atoms with E-state index < -0.39 is 15.4 Å². The number of aliphatic hydroxyl groups excluding tert-OH is 1. The topological polar surface area (TPSA) is 77.4 Å². The Kier molecular flexibility index (Phi) is 20.5. The van der Waals surface area contributed by atoms with Crippen molar-refractivity contribution in [3.8, 4) is 0 Å². The maximum absolute atomic E-state index is 11.3. The molecule has 6 heteroatoms. The molecule has 0 bridgehead atoms. The Morgan fingerprint density at radius 1 is 0.720 bits per heavy atom. The molecule has 1 N–H and O–H groups in total. The third-order valence-corrected chi connectivity index (χ3v) is 6.03. The van der Waals surface area contributed by atoms with Crippen LogP contribution in [0.3, 0.4) is 0 Å². The first-order valence-corrected chi connectivity index (χ1v) is 11.5. The molecule has 0 aromatic carbocycles. The van der Waals surface area contributed by atoms with E-state index in [1.807, 2.05) is 0 Å². The Morgan fingerprint density at radius 2 is 1.12 bits per heavy atom. The Bertz CT molecular complexity index is 374. The summed E-state index contributed by atoms with van der Waals surface area (Å²) < 4.78 is 34.0. The maximum Gasteiger partial charge on any atom is 1.00 e. The molecule has 2 atom stereocenters. The van der Waals surface area contributed by atoms with Gasteiger partial charge in [0, 0.05) is 5.25 Å². The van der Waals surface area contributed by atoms with Crippen molar-refractivity contribution in [2.45, 2.75) is 122 Å². The van der Waals surface area contributed by atoms with E-state index >= 15 is 0 Å². The summed E-state index contributed by atoms with van der Waals surface area (Å²) in [5.41, 5.74) is 0. The van der Waals surface area contributed by atoms with Gasteiger partial charge < -0.3 is 9.66 Å². The monoisotopic (exact) mass is 386 g/mol. The van der Waals surface area contributed by atoms with E-state index in [9.17, 15) is 18.1 Å². The van der Waals surface area contributed by atoms with Crippen molar-refractivity contribution >= 4 is 10.1 Å². The molecule has 0 aliphatic rings. The van der Waals surface area contributed by atoms with Gasteiger partial charge in [-0.1, -0.05) is 84.5 Å². The van der Waals surface area contributed by atoms with Gasteiger partial charge in [0.25, 0.3) is 0 Å². The number of unbranched alkanes of at least 4 members (excludes halogenated alkanes) is 8. The molecule has 0 heterocycles. The van der Waals surface area contributed by atoms with Crippen molar-refractivity contribution in [1.29, 1.82) is 0 Å². The van der Waals surface area contributed by atoms with Crippen LogP contribution in [-0.2, 0) is 10.1 Å². The minimum atomic E-state index is -4.15. The number of hydrogen-bond acceptors (Lipinski definition) is 4. The average molecular weight is 387 g/mol. The van der Waals surface area contributed by atoms with Gasteiger partial charge in [0.05, 0.1) is 16.2 Å². The molecule has 0 amide bonds. The van der Waals surface area contributed by atoms with Crippen molar-refractivity contribution < 1.29 is 47.6 Å². The largest absolute Gasteiger partial charge is 1.00 e.